The van der Waals surface area contributed by atoms with Crippen molar-refractivity contribution in [2.45, 2.75) is 57.2 Å². The van der Waals surface area contributed by atoms with Gasteiger partial charge in [-0.25, -0.2) is 0 Å². The molecule has 1 aliphatic heterocycles. The van der Waals surface area contributed by atoms with Gasteiger partial charge in [0.2, 0.25) is 0 Å². The predicted octanol–water partition coefficient (Wildman–Crippen LogP) is 7.95. The van der Waals surface area contributed by atoms with Crippen molar-refractivity contribution in [3.8, 4) is 0 Å². The van der Waals surface area contributed by atoms with Gasteiger partial charge in [0.1, 0.15) is 12.2 Å². The summed E-state index contributed by atoms with van der Waals surface area (Å²) in [4.78, 5) is 2.51. The monoisotopic (exact) mass is 633 g/mol. The molecule has 238 valence electrons. The number of hydrogen-bond acceptors (Lipinski definition) is 6. The maximum atomic E-state index is 6.91. The fourth-order valence-corrected chi connectivity index (χ4v) is 6.72. The van der Waals surface area contributed by atoms with E-state index in [0.29, 0.717) is 33.0 Å². The Morgan fingerprint density at radius 1 is 0.543 bits per heavy atom. The van der Waals surface area contributed by atoms with Crippen molar-refractivity contribution in [2.24, 2.45) is 0 Å². The van der Waals surface area contributed by atoms with Gasteiger partial charge in [-0.3, -0.25) is 4.90 Å². The zero-order valence-corrected chi connectivity index (χ0v) is 27.1. The topological polar surface area (TPSA) is 40.2 Å². The molecule has 1 aromatic heterocycles. The molecule has 46 heavy (non-hydrogen) atoms. The van der Waals surface area contributed by atoms with Crippen molar-refractivity contribution in [1.29, 1.82) is 0 Å². The minimum Gasteiger partial charge on any atom is -0.375 e. The molecule has 4 atom stereocenters. The van der Waals surface area contributed by atoms with Crippen LogP contribution in [0.25, 0.3) is 0 Å². The Bertz CT molecular complexity index is 1520. The lowest BCUT2D eigenvalue weighted by atomic mass is 9.92. The minimum atomic E-state index is -0.296. The average molecular weight is 634 g/mol. The van der Waals surface area contributed by atoms with Gasteiger partial charge >= 0.3 is 0 Å². The Labute approximate surface area is 277 Å². The second-order valence-corrected chi connectivity index (χ2v) is 12.6. The lowest BCUT2D eigenvalue weighted by Gasteiger charge is -2.48. The number of nitrogens with zero attached hydrogens (tertiary/aromatic N) is 1. The molecule has 0 saturated carbocycles. The van der Waals surface area contributed by atoms with Crippen LogP contribution < -0.4 is 0 Å². The second kappa shape index (κ2) is 17.3. The summed E-state index contributed by atoms with van der Waals surface area (Å²) in [5.74, 6) is 0. The zero-order chi connectivity index (χ0) is 31.2. The summed E-state index contributed by atoms with van der Waals surface area (Å²) in [6, 6.07) is 43.7. The SMILES string of the molecule is c1ccc(COC[C@@H]2[C@@H](OCc3ccccc3)[C@H](OCc3ccccc3)[C@@H](OCc3ccccc3)CN2CCc2ccsc2)cc1. The van der Waals surface area contributed by atoms with Crippen LogP contribution in [-0.4, -0.2) is 49.0 Å². The van der Waals surface area contributed by atoms with E-state index in [1.807, 2.05) is 24.3 Å². The van der Waals surface area contributed by atoms with Gasteiger partial charge in [0, 0.05) is 13.1 Å². The molecular formula is C40H43NO4S. The summed E-state index contributed by atoms with van der Waals surface area (Å²) in [6.45, 7) is 4.14. The molecule has 4 aromatic carbocycles. The van der Waals surface area contributed by atoms with Crippen molar-refractivity contribution >= 4 is 11.3 Å². The first kappa shape index (κ1) is 32.3. The van der Waals surface area contributed by atoms with E-state index in [2.05, 4.69) is 119 Å². The van der Waals surface area contributed by atoms with Gasteiger partial charge in [-0.05, 0) is 51.1 Å². The second-order valence-electron chi connectivity index (χ2n) is 11.8. The third kappa shape index (κ3) is 9.46. The van der Waals surface area contributed by atoms with Crippen LogP contribution in [0, 0.1) is 0 Å². The molecule has 5 nitrogen and oxygen atoms in total. The van der Waals surface area contributed by atoms with Crippen molar-refractivity contribution in [2.75, 3.05) is 19.7 Å². The highest BCUT2D eigenvalue weighted by atomic mass is 32.1. The maximum absolute atomic E-state index is 6.91. The minimum absolute atomic E-state index is 0.0246. The van der Waals surface area contributed by atoms with Crippen LogP contribution in [0.2, 0.25) is 0 Å². The Hall–Kier alpha value is -3.62. The van der Waals surface area contributed by atoms with Crippen LogP contribution in [0.1, 0.15) is 27.8 Å². The number of thiophene rings is 1. The number of hydrogen-bond donors (Lipinski definition) is 0. The van der Waals surface area contributed by atoms with E-state index >= 15 is 0 Å². The first-order valence-electron chi connectivity index (χ1n) is 16.2. The largest absolute Gasteiger partial charge is 0.375 e. The molecule has 0 amide bonds. The molecule has 0 N–H and O–H groups in total. The summed E-state index contributed by atoms with van der Waals surface area (Å²) in [7, 11) is 0. The quantitative estimate of drug-likeness (QED) is 0.110. The van der Waals surface area contributed by atoms with Crippen molar-refractivity contribution < 1.29 is 18.9 Å². The third-order valence-electron chi connectivity index (χ3n) is 8.50. The van der Waals surface area contributed by atoms with E-state index in [0.717, 1.165) is 41.8 Å². The number of rotatable bonds is 16. The highest BCUT2D eigenvalue weighted by molar-refractivity contribution is 7.07. The standard InChI is InChI=1S/C40H43NO4S/c1-5-13-32(14-6-1)26-42-30-37-39(44-28-34-17-9-3-10-18-34)40(45-29-35-19-11-4-12-20-35)38(43-27-33-15-7-2-8-16-33)25-41(37)23-21-36-22-24-46-31-36/h1-20,22,24,31,37-40H,21,23,25-30H2/t37-,38+,39-,40-/m1/s1. The summed E-state index contributed by atoms with van der Waals surface area (Å²) in [5, 5.41) is 4.39. The molecule has 0 unspecified atom stereocenters. The van der Waals surface area contributed by atoms with Crippen LogP contribution in [0.15, 0.2) is 138 Å². The molecule has 0 spiro atoms. The zero-order valence-electron chi connectivity index (χ0n) is 26.2. The van der Waals surface area contributed by atoms with Gasteiger partial charge in [0.15, 0.2) is 0 Å². The Balaban J connectivity index is 1.29. The summed E-state index contributed by atoms with van der Waals surface area (Å²) in [5.41, 5.74) is 5.91. The van der Waals surface area contributed by atoms with Gasteiger partial charge in [-0.1, -0.05) is 121 Å². The van der Waals surface area contributed by atoms with Crippen LogP contribution in [0.3, 0.4) is 0 Å². The molecule has 1 fully saturated rings. The van der Waals surface area contributed by atoms with Gasteiger partial charge in [0.05, 0.1) is 45.2 Å². The summed E-state index contributed by atoms with van der Waals surface area (Å²) >= 11 is 1.74. The molecule has 5 aromatic rings. The first-order valence-corrected chi connectivity index (χ1v) is 17.1. The molecule has 6 heteroatoms. The van der Waals surface area contributed by atoms with Crippen molar-refractivity contribution in [1.82, 2.24) is 4.90 Å². The van der Waals surface area contributed by atoms with Gasteiger partial charge in [0.25, 0.3) is 0 Å². The number of ether oxygens (including phenoxy) is 4. The molecule has 2 heterocycles. The Kier molecular flexibility index (Phi) is 12.2. The number of benzene rings is 4. The van der Waals surface area contributed by atoms with Gasteiger partial charge in [-0.15, -0.1) is 0 Å². The van der Waals surface area contributed by atoms with E-state index < -0.39 is 0 Å². The fourth-order valence-electron chi connectivity index (χ4n) is 6.01. The maximum Gasteiger partial charge on any atom is 0.113 e. The van der Waals surface area contributed by atoms with Crippen molar-refractivity contribution in [3.05, 3.63) is 166 Å². The van der Waals surface area contributed by atoms with Crippen molar-refractivity contribution in [3.63, 3.8) is 0 Å². The molecule has 0 radical (unpaired) electrons. The summed E-state index contributed by atoms with van der Waals surface area (Å²) in [6.07, 6.45) is 0.176. The Morgan fingerprint density at radius 3 is 1.57 bits per heavy atom. The molecule has 1 aliphatic rings. The highest BCUT2D eigenvalue weighted by Gasteiger charge is 2.46. The molecule has 0 aliphatic carbocycles. The van der Waals surface area contributed by atoms with Crippen LogP contribution in [-0.2, 0) is 51.8 Å². The van der Waals surface area contributed by atoms with E-state index in [9.17, 15) is 0 Å². The molecule has 6 rings (SSSR count). The first-order chi connectivity index (χ1) is 22.8. The molecule has 0 bridgehead atoms. The van der Waals surface area contributed by atoms with Crippen LogP contribution >= 0.6 is 11.3 Å². The van der Waals surface area contributed by atoms with E-state index in [-0.39, 0.29) is 24.4 Å². The van der Waals surface area contributed by atoms with E-state index in [1.54, 1.807) is 11.3 Å². The average Bonchev–Trinajstić information content (AvgIpc) is 3.64. The highest BCUT2D eigenvalue weighted by Crippen LogP contribution is 2.30. The fraction of sp³-hybridized carbons (Fsp3) is 0.300. The number of piperidine rings is 1. The normalized spacial score (nSPS) is 20.1. The lowest BCUT2D eigenvalue weighted by molar-refractivity contribution is -0.210. The smallest absolute Gasteiger partial charge is 0.113 e. The van der Waals surface area contributed by atoms with Gasteiger partial charge < -0.3 is 18.9 Å². The number of likely N-dealkylation sites (tertiary alicyclic amines) is 1. The summed E-state index contributed by atoms with van der Waals surface area (Å²) < 4.78 is 27.0. The van der Waals surface area contributed by atoms with Gasteiger partial charge in [-0.2, -0.15) is 11.3 Å². The van der Waals surface area contributed by atoms with Crippen LogP contribution in [0.4, 0.5) is 0 Å². The van der Waals surface area contributed by atoms with E-state index in [4.69, 9.17) is 18.9 Å². The molecular weight excluding hydrogens is 591 g/mol. The van der Waals surface area contributed by atoms with E-state index in [1.165, 1.54) is 5.56 Å². The van der Waals surface area contributed by atoms with Crippen LogP contribution in [0.5, 0.6) is 0 Å². The lowest BCUT2D eigenvalue weighted by Crippen LogP contribution is -2.64. The third-order valence-corrected chi connectivity index (χ3v) is 9.23. The predicted molar refractivity (Wildman–Crippen MR) is 185 cm³/mol. The Morgan fingerprint density at radius 2 is 1.04 bits per heavy atom. The molecule has 1 saturated heterocycles.